The topological polar surface area (TPSA) is 82.1 Å². The molecular weight excluding hydrogens is 386 g/mol. The van der Waals surface area contributed by atoms with Gasteiger partial charge in [-0.25, -0.2) is 14.4 Å². The molecule has 0 saturated heterocycles. The third-order valence-corrected chi connectivity index (χ3v) is 4.01. The Morgan fingerprint density at radius 2 is 1.68 bits per heavy atom. The smallest absolute Gasteiger partial charge is 0.355 e. The van der Waals surface area contributed by atoms with Crippen molar-refractivity contribution in [2.24, 2.45) is 0 Å². The molecule has 1 aliphatic heterocycles. The third-order valence-electron chi connectivity index (χ3n) is 3.68. The number of allylic oxidation sites excluding steroid dienone is 2. The van der Waals surface area contributed by atoms with E-state index >= 15 is 0 Å². The van der Waals surface area contributed by atoms with Crippen molar-refractivity contribution in [2.45, 2.75) is 20.0 Å². The van der Waals surface area contributed by atoms with Crippen LogP contribution in [0, 0.1) is 0 Å². The van der Waals surface area contributed by atoms with Gasteiger partial charge in [0.2, 0.25) is 0 Å². The lowest BCUT2D eigenvalue weighted by atomic mass is 10.1. The summed E-state index contributed by atoms with van der Waals surface area (Å²) in [6, 6.07) is 4.58. The molecule has 1 heterocycles. The van der Waals surface area contributed by atoms with E-state index in [9.17, 15) is 14.4 Å². The Hall–Kier alpha value is -3.06. The fourth-order valence-electron chi connectivity index (χ4n) is 2.46. The molecule has 0 spiro atoms. The van der Waals surface area contributed by atoms with Crippen LogP contribution in [0.15, 0.2) is 53.9 Å². The van der Waals surface area contributed by atoms with Crippen molar-refractivity contribution in [3.8, 4) is 0 Å². The zero-order chi connectivity index (χ0) is 20.8. The van der Waals surface area contributed by atoms with Gasteiger partial charge in [-0.3, -0.25) is 0 Å². The Labute approximate surface area is 167 Å². The number of methoxy groups -OCH3 is 2. The fraction of sp³-hybridized carbons (Fsp3) is 0.250. The zero-order valence-corrected chi connectivity index (χ0v) is 16.6. The maximum Gasteiger partial charge on any atom is 0.355 e. The number of anilines is 1. The van der Waals surface area contributed by atoms with Crippen LogP contribution in [0.3, 0.4) is 0 Å². The lowest BCUT2D eigenvalue weighted by Crippen LogP contribution is -2.27. The first-order valence-electron chi connectivity index (χ1n) is 8.35. The molecule has 8 heteroatoms. The number of hydrogen-bond donors (Lipinski definition) is 0. The van der Waals surface area contributed by atoms with Crippen molar-refractivity contribution in [3.05, 3.63) is 64.5 Å². The van der Waals surface area contributed by atoms with Gasteiger partial charge < -0.3 is 19.1 Å². The summed E-state index contributed by atoms with van der Waals surface area (Å²) in [6.45, 7) is 3.44. The Morgan fingerprint density at radius 3 is 2.29 bits per heavy atom. The predicted octanol–water partition coefficient (Wildman–Crippen LogP) is 3.40. The van der Waals surface area contributed by atoms with E-state index in [1.807, 2.05) is 0 Å². The van der Waals surface area contributed by atoms with Crippen LogP contribution in [-0.2, 0) is 23.8 Å². The summed E-state index contributed by atoms with van der Waals surface area (Å²) in [5.41, 5.74) is 0.467. The van der Waals surface area contributed by atoms with Gasteiger partial charge in [-0.05, 0) is 44.2 Å². The van der Waals surface area contributed by atoms with Crippen LogP contribution in [-0.4, -0.2) is 38.2 Å². The molecule has 0 amide bonds. The molecule has 0 bridgehead atoms. The van der Waals surface area contributed by atoms with Crippen LogP contribution in [0.25, 0.3) is 0 Å². The maximum absolute atomic E-state index is 12.5. The number of halogens is 1. The minimum Gasteiger partial charge on any atom is -0.465 e. The summed E-state index contributed by atoms with van der Waals surface area (Å²) < 4.78 is 14.8. The molecule has 0 aliphatic carbocycles. The summed E-state index contributed by atoms with van der Waals surface area (Å²) in [4.78, 5) is 38.4. The fourth-order valence-corrected chi connectivity index (χ4v) is 2.66. The van der Waals surface area contributed by atoms with Crippen molar-refractivity contribution in [2.75, 3.05) is 19.1 Å². The minimum atomic E-state index is -0.752. The highest BCUT2D eigenvalue weighted by Crippen LogP contribution is 2.30. The van der Waals surface area contributed by atoms with Gasteiger partial charge in [0.15, 0.2) is 0 Å². The molecule has 1 aromatic rings. The average molecular weight is 406 g/mol. The van der Waals surface area contributed by atoms with Crippen LogP contribution < -0.4 is 4.90 Å². The van der Waals surface area contributed by atoms with Crippen LogP contribution in [0.2, 0.25) is 5.02 Å². The standard InChI is InChI=1S/C20H20ClNO6/c1-12(2)28-19(24)15-11-13(8-9-16(15)21)22-10-6-5-7-14(18(23)26-3)17(22)20(25)27-4/h5-12H,1-4H3. The van der Waals surface area contributed by atoms with Gasteiger partial charge in [-0.1, -0.05) is 17.7 Å². The summed E-state index contributed by atoms with van der Waals surface area (Å²) in [5.74, 6) is -2.06. The van der Waals surface area contributed by atoms with Crippen LogP contribution in [0.5, 0.6) is 0 Å². The van der Waals surface area contributed by atoms with Crippen molar-refractivity contribution in [3.63, 3.8) is 0 Å². The minimum absolute atomic E-state index is 0.000562. The SMILES string of the molecule is COC(=O)C1=C(C(=O)OC)N(c2ccc(Cl)c(C(=O)OC(C)C)c2)C=CC=C1. The van der Waals surface area contributed by atoms with Gasteiger partial charge in [-0.15, -0.1) is 0 Å². The average Bonchev–Trinajstić information content (AvgIpc) is 2.89. The summed E-state index contributed by atoms with van der Waals surface area (Å²) in [7, 11) is 2.41. The van der Waals surface area contributed by atoms with Gasteiger partial charge in [0.25, 0.3) is 0 Å². The molecule has 0 atom stereocenters. The molecule has 0 fully saturated rings. The van der Waals surface area contributed by atoms with Crippen LogP contribution in [0.1, 0.15) is 24.2 Å². The van der Waals surface area contributed by atoms with Crippen molar-refractivity contribution >= 4 is 35.2 Å². The van der Waals surface area contributed by atoms with Gasteiger partial charge in [0.1, 0.15) is 5.70 Å². The Balaban J connectivity index is 2.62. The van der Waals surface area contributed by atoms with Gasteiger partial charge in [0.05, 0.1) is 36.5 Å². The number of esters is 3. The Bertz CT molecular complexity index is 885. The number of benzene rings is 1. The van der Waals surface area contributed by atoms with Gasteiger partial charge in [0, 0.05) is 11.9 Å². The number of carbonyl (C=O) groups excluding carboxylic acids is 3. The number of carbonyl (C=O) groups is 3. The molecular formula is C20H20ClNO6. The predicted molar refractivity (Wildman–Crippen MR) is 104 cm³/mol. The van der Waals surface area contributed by atoms with Crippen molar-refractivity contribution in [1.29, 1.82) is 0 Å². The second kappa shape index (κ2) is 9.23. The van der Waals surface area contributed by atoms with E-state index in [0.717, 1.165) is 0 Å². The summed E-state index contributed by atoms with van der Waals surface area (Å²) >= 11 is 6.15. The second-order valence-electron chi connectivity index (χ2n) is 5.93. The van der Waals surface area contributed by atoms with E-state index in [0.29, 0.717) is 5.69 Å². The molecule has 1 aliphatic rings. The first kappa shape index (κ1) is 21.2. The molecule has 28 heavy (non-hydrogen) atoms. The van der Waals surface area contributed by atoms with E-state index in [4.69, 9.17) is 25.8 Å². The number of rotatable bonds is 5. The molecule has 1 aromatic carbocycles. The monoisotopic (exact) mass is 405 g/mol. The molecule has 7 nitrogen and oxygen atoms in total. The molecule has 148 valence electrons. The Morgan fingerprint density at radius 1 is 1.00 bits per heavy atom. The summed E-state index contributed by atoms with van der Waals surface area (Å²) in [5, 5.41) is 0.197. The molecule has 0 unspecified atom stereocenters. The molecule has 0 radical (unpaired) electrons. The largest absolute Gasteiger partial charge is 0.465 e. The molecule has 0 aromatic heterocycles. The number of nitrogens with zero attached hydrogens (tertiary/aromatic N) is 1. The van der Waals surface area contributed by atoms with E-state index in [2.05, 4.69) is 0 Å². The van der Waals surface area contributed by atoms with Crippen LogP contribution in [0.4, 0.5) is 5.69 Å². The zero-order valence-electron chi connectivity index (χ0n) is 15.9. The van der Waals surface area contributed by atoms with E-state index in [1.54, 1.807) is 38.3 Å². The normalized spacial score (nSPS) is 13.4. The van der Waals surface area contributed by atoms with Crippen molar-refractivity contribution < 1.29 is 28.6 Å². The molecule has 2 rings (SSSR count). The lowest BCUT2D eigenvalue weighted by molar-refractivity contribution is -0.139. The maximum atomic E-state index is 12.5. The first-order valence-corrected chi connectivity index (χ1v) is 8.73. The summed E-state index contributed by atoms with van der Waals surface area (Å²) in [6.07, 6.45) is 5.88. The highest BCUT2D eigenvalue weighted by atomic mass is 35.5. The molecule has 0 N–H and O–H groups in total. The van der Waals surface area contributed by atoms with Gasteiger partial charge >= 0.3 is 17.9 Å². The highest BCUT2D eigenvalue weighted by molar-refractivity contribution is 6.33. The number of ether oxygens (including phenoxy) is 3. The Kier molecular flexibility index (Phi) is 7.00. The van der Waals surface area contributed by atoms with E-state index in [-0.39, 0.29) is 28.0 Å². The van der Waals surface area contributed by atoms with Crippen LogP contribution >= 0.6 is 11.6 Å². The lowest BCUT2D eigenvalue weighted by Gasteiger charge is -2.23. The highest BCUT2D eigenvalue weighted by Gasteiger charge is 2.28. The quantitative estimate of drug-likeness (QED) is 0.548. The van der Waals surface area contributed by atoms with E-state index in [1.165, 1.54) is 37.3 Å². The number of hydrogen-bond acceptors (Lipinski definition) is 7. The van der Waals surface area contributed by atoms with Gasteiger partial charge in [-0.2, -0.15) is 0 Å². The second-order valence-corrected chi connectivity index (χ2v) is 6.34. The third kappa shape index (κ3) is 4.61. The molecule has 0 saturated carbocycles. The first-order chi connectivity index (χ1) is 13.3. The van der Waals surface area contributed by atoms with Crippen molar-refractivity contribution in [1.82, 2.24) is 0 Å². The van der Waals surface area contributed by atoms with E-state index < -0.39 is 17.9 Å².